The Morgan fingerprint density at radius 3 is 2.79 bits per heavy atom. The second-order valence-electron chi connectivity index (χ2n) is 4.35. The van der Waals surface area contributed by atoms with Gasteiger partial charge in [0.15, 0.2) is 0 Å². The maximum Gasteiger partial charge on any atom is 0.0541 e. The summed E-state index contributed by atoms with van der Waals surface area (Å²) in [5.41, 5.74) is 6.24. The third kappa shape index (κ3) is 2.35. The maximum absolute atomic E-state index is 9.41. The monoisotopic (exact) mass is 211 g/mol. The molecule has 1 aromatic rings. The standard InChI is InChI=1S/C11H17NOS/c12-11(5-3-9(13)4-6-11)8-10-2-1-7-14-10/h1-2,7,9,13H,3-6,8,12H2. The van der Waals surface area contributed by atoms with Crippen molar-refractivity contribution in [2.75, 3.05) is 0 Å². The van der Waals surface area contributed by atoms with Gasteiger partial charge in [-0.1, -0.05) is 6.07 Å². The minimum Gasteiger partial charge on any atom is -0.393 e. The third-order valence-corrected chi connectivity index (χ3v) is 3.93. The van der Waals surface area contributed by atoms with Crippen molar-refractivity contribution < 1.29 is 5.11 Å². The second-order valence-corrected chi connectivity index (χ2v) is 5.38. The molecule has 1 fully saturated rings. The molecule has 0 radical (unpaired) electrons. The largest absolute Gasteiger partial charge is 0.393 e. The molecule has 1 heterocycles. The number of hydrogen-bond acceptors (Lipinski definition) is 3. The van der Waals surface area contributed by atoms with Gasteiger partial charge >= 0.3 is 0 Å². The summed E-state index contributed by atoms with van der Waals surface area (Å²) in [5, 5.41) is 11.5. The summed E-state index contributed by atoms with van der Waals surface area (Å²) < 4.78 is 0. The summed E-state index contributed by atoms with van der Waals surface area (Å²) in [6.45, 7) is 0. The van der Waals surface area contributed by atoms with Crippen LogP contribution in [0.5, 0.6) is 0 Å². The number of aliphatic hydroxyl groups is 1. The van der Waals surface area contributed by atoms with Crippen LogP contribution < -0.4 is 5.73 Å². The van der Waals surface area contributed by atoms with Gasteiger partial charge in [-0.2, -0.15) is 0 Å². The van der Waals surface area contributed by atoms with E-state index in [-0.39, 0.29) is 11.6 Å². The zero-order chi connectivity index (χ0) is 10.0. The van der Waals surface area contributed by atoms with Gasteiger partial charge in [0.25, 0.3) is 0 Å². The molecule has 1 saturated carbocycles. The van der Waals surface area contributed by atoms with Crippen LogP contribution in [0.25, 0.3) is 0 Å². The van der Waals surface area contributed by atoms with Gasteiger partial charge in [-0.3, -0.25) is 0 Å². The predicted molar refractivity (Wildman–Crippen MR) is 59.4 cm³/mol. The van der Waals surface area contributed by atoms with E-state index >= 15 is 0 Å². The van der Waals surface area contributed by atoms with E-state index in [1.54, 1.807) is 11.3 Å². The number of thiophene rings is 1. The van der Waals surface area contributed by atoms with Crippen LogP contribution in [0.1, 0.15) is 30.6 Å². The number of rotatable bonds is 2. The number of aliphatic hydroxyl groups excluding tert-OH is 1. The van der Waals surface area contributed by atoms with Crippen molar-refractivity contribution in [2.24, 2.45) is 5.73 Å². The highest BCUT2D eigenvalue weighted by molar-refractivity contribution is 7.09. The van der Waals surface area contributed by atoms with Crippen LogP contribution in [0, 0.1) is 0 Å². The Kier molecular flexibility index (Phi) is 2.91. The van der Waals surface area contributed by atoms with Gasteiger partial charge in [0, 0.05) is 10.4 Å². The van der Waals surface area contributed by atoms with Crippen LogP contribution in [0.15, 0.2) is 17.5 Å². The first-order valence-electron chi connectivity index (χ1n) is 5.17. The Bertz CT molecular complexity index is 275. The first kappa shape index (κ1) is 10.1. The Hall–Kier alpha value is -0.380. The van der Waals surface area contributed by atoms with E-state index in [9.17, 15) is 5.11 Å². The van der Waals surface area contributed by atoms with Gasteiger partial charge in [0.1, 0.15) is 0 Å². The van der Waals surface area contributed by atoms with Crippen molar-refractivity contribution in [3.8, 4) is 0 Å². The van der Waals surface area contributed by atoms with E-state index in [2.05, 4.69) is 17.5 Å². The fraction of sp³-hybridized carbons (Fsp3) is 0.636. The fourth-order valence-electron chi connectivity index (χ4n) is 2.11. The minimum absolute atomic E-state index is 0.0654. The van der Waals surface area contributed by atoms with E-state index < -0.39 is 0 Å². The van der Waals surface area contributed by atoms with Crippen molar-refractivity contribution in [2.45, 2.75) is 43.7 Å². The van der Waals surface area contributed by atoms with Gasteiger partial charge in [0.2, 0.25) is 0 Å². The topological polar surface area (TPSA) is 46.2 Å². The van der Waals surface area contributed by atoms with Gasteiger partial charge in [0.05, 0.1) is 6.10 Å². The molecule has 1 aliphatic carbocycles. The molecule has 0 atom stereocenters. The highest BCUT2D eigenvalue weighted by Crippen LogP contribution is 2.30. The first-order chi connectivity index (χ1) is 6.68. The Morgan fingerprint density at radius 1 is 1.50 bits per heavy atom. The molecule has 3 N–H and O–H groups in total. The van der Waals surface area contributed by atoms with Crippen LogP contribution in [-0.4, -0.2) is 16.7 Å². The Balaban J connectivity index is 1.96. The fourth-order valence-corrected chi connectivity index (χ4v) is 2.97. The van der Waals surface area contributed by atoms with Crippen LogP contribution in [0.4, 0.5) is 0 Å². The van der Waals surface area contributed by atoms with E-state index in [4.69, 9.17) is 5.73 Å². The molecule has 0 aromatic carbocycles. The molecule has 2 rings (SSSR count). The van der Waals surface area contributed by atoms with Crippen LogP contribution in [-0.2, 0) is 6.42 Å². The molecule has 0 unspecified atom stereocenters. The summed E-state index contributed by atoms with van der Waals surface area (Å²) >= 11 is 1.77. The quantitative estimate of drug-likeness (QED) is 0.785. The van der Waals surface area contributed by atoms with Gasteiger partial charge in [-0.25, -0.2) is 0 Å². The van der Waals surface area contributed by atoms with Crippen LogP contribution >= 0.6 is 11.3 Å². The van der Waals surface area contributed by atoms with Gasteiger partial charge in [-0.05, 0) is 43.6 Å². The smallest absolute Gasteiger partial charge is 0.0541 e. The molecule has 0 aliphatic heterocycles. The Morgan fingerprint density at radius 2 is 2.21 bits per heavy atom. The lowest BCUT2D eigenvalue weighted by Crippen LogP contribution is -2.46. The summed E-state index contributed by atoms with van der Waals surface area (Å²) in [6.07, 6.45) is 4.48. The number of nitrogens with two attached hydrogens (primary N) is 1. The molecule has 1 aromatic heterocycles. The highest BCUT2D eigenvalue weighted by Gasteiger charge is 2.31. The lowest BCUT2D eigenvalue weighted by molar-refractivity contribution is 0.0975. The molecule has 0 bridgehead atoms. The predicted octanol–water partition coefficient (Wildman–Crippen LogP) is 1.92. The van der Waals surface area contributed by atoms with E-state index in [1.165, 1.54) is 4.88 Å². The van der Waals surface area contributed by atoms with Crippen molar-refractivity contribution in [3.63, 3.8) is 0 Å². The molecule has 0 saturated heterocycles. The molecule has 2 nitrogen and oxygen atoms in total. The zero-order valence-corrected chi connectivity index (χ0v) is 9.09. The Labute approximate surface area is 88.8 Å². The lowest BCUT2D eigenvalue weighted by atomic mass is 9.79. The highest BCUT2D eigenvalue weighted by atomic mass is 32.1. The lowest BCUT2D eigenvalue weighted by Gasteiger charge is -2.35. The molecule has 0 spiro atoms. The SMILES string of the molecule is NC1(Cc2cccs2)CCC(O)CC1. The first-order valence-corrected chi connectivity index (χ1v) is 6.05. The van der Waals surface area contributed by atoms with E-state index in [0.717, 1.165) is 32.1 Å². The molecular weight excluding hydrogens is 194 g/mol. The molecule has 14 heavy (non-hydrogen) atoms. The van der Waals surface area contributed by atoms with E-state index in [0.29, 0.717) is 0 Å². The molecule has 0 amide bonds. The second kappa shape index (κ2) is 4.01. The maximum atomic E-state index is 9.41. The molecule has 3 heteroatoms. The van der Waals surface area contributed by atoms with Crippen molar-refractivity contribution in [1.29, 1.82) is 0 Å². The summed E-state index contributed by atoms with van der Waals surface area (Å²) in [5.74, 6) is 0. The zero-order valence-electron chi connectivity index (χ0n) is 8.28. The molecule has 78 valence electrons. The van der Waals surface area contributed by atoms with Crippen LogP contribution in [0.2, 0.25) is 0 Å². The van der Waals surface area contributed by atoms with Gasteiger partial charge in [-0.15, -0.1) is 11.3 Å². The van der Waals surface area contributed by atoms with E-state index in [1.807, 2.05) is 0 Å². The summed E-state index contributed by atoms with van der Waals surface area (Å²) in [7, 11) is 0. The minimum atomic E-state index is -0.116. The van der Waals surface area contributed by atoms with Crippen molar-refractivity contribution in [3.05, 3.63) is 22.4 Å². The van der Waals surface area contributed by atoms with Crippen molar-refractivity contribution in [1.82, 2.24) is 0 Å². The average Bonchev–Trinajstić information content (AvgIpc) is 2.63. The summed E-state index contributed by atoms with van der Waals surface area (Å²) in [4.78, 5) is 1.36. The van der Waals surface area contributed by atoms with Crippen LogP contribution in [0.3, 0.4) is 0 Å². The summed E-state index contributed by atoms with van der Waals surface area (Å²) in [6, 6.07) is 4.21. The number of hydrogen-bond donors (Lipinski definition) is 2. The van der Waals surface area contributed by atoms with Crippen molar-refractivity contribution >= 4 is 11.3 Å². The molecule has 1 aliphatic rings. The average molecular weight is 211 g/mol. The third-order valence-electron chi connectivity index (χ3n) is 3.06. The normalized spacial score (nSPS) is 33.1. The van der Waals surface area contributed by atoms with Gasteiger partial charge < -0.3 is 10.8 Å². The molecular formula is C11H17NOS.